The van der Waals surface area contributed by atoms with E-state index in [2.05, 4.69) is 11.9 Å². The van der Waals surface area contributed by atoms with E-state index in [1.54, 1.807) is 11.8 Å². The fraction of sp³-hybridized carbons (Fsp3) is 0.364. The van der Waals surface area contributed by atoms with Gasteiger partial charge in [0, 0.05) is 11.0 Å². The van der Waals surface area contributed by atoms with Gasteiger partial charge in [0.05, 0.1) is 6.54 Å². The van der Waals surface area contributed by atoms with Gasteiger partial charge in [-0.1, -0.05) is 35.7 Å². The minimum atomic E-state index is -0.177. The van der Waals surface area contributed by atoms with Crippen LogP contribution in [0, 0.1) is 5.82 Å². The van der Waals surface area contributed by atoms with Crippen LogP contribution in [0.5, 0.6) is 0 Å². The Kier molecular flexibility index (Phi) is 3.70. The summed E-state index contributed by atoms with van der Waals surface area (Å²) in [6, 6.07) is 6.70. The molecule has 0 spiro atoms. The van der Waals surface area contributed by atoms with Crippen LogP contribution in [-0.2, 0) is 0 Å². The topological polar surface area (TPSA) is 12.4 Å². The molecule has 0 unspecified atom stereocenters. The Labute approximate surface area is 97.6 Å². The molecule has 0 aliphatic carbocycles. The first kappa shape index (κ1) is 11.0. The molecule has 15 heavy (non-hydrogen) atoms. The quantitative estimate of drug-likeness (QED) is 0.782. The largest absolute Gasteiger partial charge is 0.271 e. The van der Waals surface area contributed by atoms with Crippen molar-refractivity contribution in [3.63, 3.8) is 0 Å². The lowest BCUT2D eigenvalue weighted by Gasteiger charge is -2.10. The summed E-state index contributed by atoms with van der Waals surface area (Å²) in [7, 11) is 0. The Morgan fingerprint density at radius 2 is 2.13 bits per heavy atom. The lowest BCUT2D eigenvalue weighted by Crippen LogP contribution is -1.91. The maximum Gasteiger partial charge on any atom is 0.125 e. The summed E-state index contributed by atoms with van der Waals surface area (Å²) in [5.41, 5.74) is 1.15. The third kappa shape index (κ3) is 2.98. The monoisotopic (exact) mass is 241 g/mol. The van der Waals surface area contributed by atoms with Gasteiger partial charge in [-0.05, 0) is 24.6 Å². The highest BCUT2D eigenvalue weighted by atomic mass is 32.2. The molecular weight excluding hydrogens is 229 g/mol. The second-order valence-electron chi connectivity index (χ2n) is 3.31. The Morgan fingerprint density at radius 1 is 1.40 bits per heavy atom. The van der Waals surface area contributed by atoms with Gasteiger partial charge in [-0.2, -0.15) is 0 Å². The molecule has 1 aromatic carbocycles. The lowest BCUT2D eigenvalue weighted by molar-refractivity contribution is 0.627. The van der Waals surface area contributed by atoms with E-state index in [0.717, 1.165) is 22.2 Å². The predicted molar refractivity (Wildman–Crippen MR) is 67.2 cm³/mol. The number of aliphatic imine (C=N–C) groups is 1. The van der Waals surface area contributed by atoms with Crippen LogP contribution in [0.2, 0.25) is 0 Å². The number of hydrogen-bond acceptors (Lipinski definition) is 3. The Morgan fingerprint density at radius 3 is 2.73 bits per heavy atom. The highest BCUT2D eigenvalue weighted by molar-refractivity contribution is 8.39. The van der Waals surface area contributed by atoms with Crippen LogP contribution in [0.4, 0.5) is 4.39 Å². The summed E-state index contributed by atoms with van der Waals surface area (Å²) in [4.78, 5) is 4.39. The number of thioether (sulfide) groups is 2. The third-order valence-electron chi connectivity index (χ3n) is 2.17. The van der Waals surface area contributed by atoms with E-state index in [0.29, 0.717) is 5.25 Å². The molecule has 1 aliphatic rings. The molecule has 80 valence electrons. The first-order valence-electron chi connectivity index (χ1n) is 4.85. The van der Waals surface area contributed by atoms with Gasteiger partial charge in [-0.25, -0.2) is 4.39 Å². The molecule has 0 saturated carbocycles. The molecule has 0 saturated heterocycles. The molecule has 1 aliphatic heterocycles. The van der Waals surface area contributed by atoms with Crippen molar-refractivity contribution in [3.05, 3.63) is 35.6 Å². The number of rotatable bonds is 2. The molecular formula is C11H12FNS2. The number of benzene rings is 1. The molecule has 0 aromatic heterocycles. The van der Waals surface area contributed by atoms with Gasteiger partial charge in [-0.15, -0.1) is 0 Å². The van der Waals surface area contributed by atoms with E-state index in [1.165, 1.54) is 12.1 Å². The summed E-state index contributed by atoms with van der Waals surface area (Å²) in [5.74, 6) is 0.918. The normalized spacial score (nSPS) is 17.6. The van der Waals surface area contributed by atoms with Crippen LogP contribution < -0.4 is 0 Å². The van der Waals surface area contributed by atoms with Crippen molar-refractivity contribution in [1.29, 1.82) is 0 Å². The number of hydrogen-bond donors (Lipinski definition) is 0. The highest BCUT2D eigenvalue weighted by Gasteiger charge is 2.13. The Balaban J connectivity index is 2.00. The van der Waals surface area contributed by atoms with Gasteiger partial charge in [0.1, 0.15) is 10.2 Å². The smallest absolute Gasteiger partial charge is 0.125 e. The summed E-state index contributed by atoms with van der Waals surface area (Å²) >= 11 is 3.56. The molecule has 0 fully saturated rings. The van der Waals surface area contributed by atoms with Crippen LogP contribution in [0.1, 0.15) is 17.7 Å². The van der Waals surface area contributed by atoms with Gasteiger partial charge >= 0.3 is 0 Å². The first-order valence-corrected chi connectivity index (χ1v) is 6.71. The van der Waals surface area contributed by atoms with Gasteiger partial charge in [0.2, 0.25) is 0 Å². The zero-order chi connectivity index (χ0) is 10.7. The van der Waals surface area contributed by atoms with Crippen molar-refractivity contribution < 1.29 is 4.39 Å². The average molecular weight is 241 g/mol. The Bertz CT molecular complexity index is 361. The maximum atomic E-state index is 12.7. The summed E-state index contributed by atoms with van der Waals surface area (Å²) in [6.07, 6.45) is 0. The van der Waals surface area contributed by atoms with Crippen molar-refractivity contribution >= 4 is 27.9 Å². The van der Waals surface area contributed by atoms with Gasteiger partial charge in [0.25, 0.3) is 0 Å². The molecule has 0 amide bonds. The van der Waals surface area contributed by atoms with Crippen molar-refractivity contribution in [1.82, 2.24) is 0 Å². The van der Waals surface area contributed by atoms with Gasteiger partial charge < -0.3 is 0 Å². The second-order valence-corrected chi connectivity index (χ2v) is 5.98. The van der Waals surface area contributed by atoms with Crippen LogP contribution >= 0.6 is 23.5 Å². The van der Waals surface area contributed by atoms with E-state index >= 15 is 0 Å². The minimum absolute atomic E-state index is 0.177. The van der Waals surface area contributed by atoms with E-state index in [9.17, 15) is 4.39 Å². The summed E-state index contributed by atoms with van der Waals surface area (Å²) < 4.78 is 13.9. The SMILES string of the molecule is C[C@H](SC1=NCCS1)c1ccc(F)cc1. The summed E-state index contributed by atoms with van der Waals surface area (Å²) in [5, 5.41) is 0.343. The molecule has 0 radical (unpaired) electrons. The molecule has 4 heteroatoms. The lowest BCUT2D eigenvalue weighted by atomic mass is 10.2. The standard InChI is InChI=1S/C11H12FNS2/c1-8(15-11-13-6-7-14-11)9-2-4-10(12)5-3-9/h2-5,8H,6-7H2,1H3/t8-/m0/s1. The molecule has 1 nitrogen and oxygen atoms in total. The Hall–Kier alpha value is -0.480. The van der Waals surface area contributed by atoms with Crippen molar-refractivity contribution in [3.8, 4) is 0 Å². The zero-order valence-corrected chi connectivity index (χ0v) is 10.1. The van der Waals surface area contributed by atoms with Crippen molar-refractivity contribution in [2.45, 2.75) is 12.2 Å². The highest BCUT2D eigenvalue weighted by Crippen LogP contribution is 2.34. The summed E-state index contributed by atoms with van der Waals surface area (Å²) in [6.45, 7) is 3.06. The molecule has 1 atom stereocenters. The molecule has 0 bridgehead atoms. The number of nitrogens with zero attached hydrogens (tertiary/aromatic N) is 1. The molecule has 0 N–H and O–H groups in total. The van der Waals surface area contributed by atoms with Gasteiger partial charge in [0.15, 0.2) is 0 Å². The fourth-order valence-electron chi connectivity index (χ4n) is 1.34. The van der Waals surface area contributed by atoms with Crippen LogP contribution in [0.25, 0.3) is 0 Å². The number of halogens is 1. The first-order chi connectivity index (χ1) is 7.25. The van der Waals surface area contributed by atoms with Crippen LogP contribution in [-0.4, -0.2) is 16.7 Å². The van der Waals surface area contributed by atoms with Crippen molar-refractivity contribution in [2.75, 3.05) is 12.3 Å². The second kappa shape index (κ2) is 5.03. The fourth-order valence-corrected chi connectivity index (χ4v) is 3.60. The maximum absolute atomic E-state index is 12.7. The zero-order valence-electron chi connectivity index (χ0n) is 8.44. The van der Waals surface area contributed by atoms with Crippen molar-refractivity contribution in [2.24, 2.45) is 4.99 Å². The third-order valence-corrected chi connectivity index (χ3v) is 4.54. The molecule has 2 rings (SSSR count). The average Bonchev–Trinajstić information content (AvgIpc) is 2.71. The van der Waals surface area contributed by atoms with Crippen LogP contribution in [0.3, 0.4) is 0 Å². The molecule has 1 heterocycles. The van der Waals surface area contributed by atoms with Gasteiger partial charge in [-0.3, -0.25) is 4.99 Å². The van der Waals surface area contributed by atoms with Crippen LogP contribution in [0.15, 0.2) is 29.3 Å². The van der Waals surface area contributed by atoms with E-state index in [1.807, 2.05) is 23.9 Å². The predicted octanol–water partition coefficient (Wildman–Crippen LogP) is 3.72. The molecule has 1 aromatic rings. The minimum Gasteiger partial charge on any atom is -0.271 e. The van der Waals surface area contributed by atoms with E-state index in [-0.39, 0.29) is 5.82 Å². The van der Waals surface area contributed by atoms with E-state index in [4.69, 9.17) is 0 Å². The van der Waals surface area contributed by atoms with E-state index < -0.39 is 0 Å².